The third-order valence-corrected chi connectivity index (χ3v) is 4.26. The zero-order valence-corrected chi connectivity index (χ0v) is 9.67. The van der Waals surface area contributed by atoms with Crippen LogP contribution in [0.15, 0.2) is 29.6 Å². The molecular formula is C13H13NOS. The van der Waals surface area contributed by atoms with Crippen LogP contribution in [0.3, 0.4) is 0 Å². The van der Waals surface area contributed by atoms with Gasteiger partial charge in [-0.05, 0) is 18.9 Å². The maximum atomic E-state index is 12.2. The number of nitrogens with two attached hydrogens (primary N) is 1. The first-order valence-corrected chi connectivity index (χ1v) is 6.39. The first-order valence-electron chi connectivity index (χ1n) is 5.51. The van der Waals surface area contributed by atoms with E-state index < -0.39 is 0 Å². The van der Waals surface area contributed by atoms with Crippen LogP contribution in [-0.2, 0) is 0 Å². The van der Waals surface area contributed by atoms with Crippen molar-refractivity contribution in [2.75, 3.05) is 0 Å². The van der Waals surface area contributed by atoms with Gasteiger partial charge in [-0.25, -0.2) is 0 Å². The molecule has 0 amide bonds. The van der Waals surface area contributed by atoms with E-state index >= 15 is 0 Å². The third-order valence-electron chi connectivity index (χ3n) is 3.29. The molecule has 1 aliphatic rings. The van der Waals surface area contributed by atoms with E-state index in [4.69, 9.17) is 5.73 Å². The van der Waals surface area contributed by atoms with Gasteiger partial charge in [0, 0.05) is 33.0 Å². The lowest BCUT2D eigenvalue weighted by Crippen LogP contribution is -2.40. The van der Waals surface area contributed by atoms with Gasteiger partial charge in [0.1, 0.15) is 0 Å². The van der Waals surface area contributed by atoms with Crippen LogP contribution in [-0.4, -0.2) is 11.8 Å². The number of thiophene rings is 1. The average Bonchev–Trinajstić information content (AvgIpc) is 2.67. The monoisotopic (exact) mass is 231 g/mol. The van der Waals surface area contributed by atoms with Gasteiger partial charge in [0.15, 0.2) is 5.78 Å². The first-order chi connectivity index (χ1) is 7.75. The molecule has 1 heterocycles. The molecule has 0 aliphatic heterocycles. The van der Waals surface area contributed by atoms with Gasteiger partial charge in [-0.3, -0.25) is 4.79 Å². The minimum atomic E-state index is 0.160. The lowest BCUT2D eigenvalue weighted by Gasteiger charge is -2.30. The molecule has 16 heavy (non-hydrogen) atoms. The molecule has 0 unspecified atom stereocenters. The molecule has 0 radical (unpaired) electrons. The van der Waals surface area contributed by atoms with Crippen LogP contribution < -0.4 is 5.73 Å². The molecule has 3 heteroatoms. The molecule has 0 atom stereocenters. The lowest BCUT2D eigenvalue weighted by molar-refractivity contribution is 0.0835. The van der Waals surface area contributed by atoms with Gasteiger partial charge in [-0.2, -0.15) is 0 Å². The van der Waals surface area contributed by atoms with Crippen molar-refractivity contribution >= 4 is 27.2 Å². The Morgan fingerprint density at radius 2 is 2.06 bits per heavy atom. The summed E-state index contributed by atoms with van der Waals surface area (Å²) >= 11 is 1.64. The predicted molar refractivity (Wildman–Crippen MR) is 66.9 cm³/mol. The van der Waals surface area contributed by atoms with E-state index in [-0.39, 0.29) is 17.7 Å². The van der Waals surface area contributed by atoms with Crippen molar-refractivity contribution in [3.63, 3.8) is 0 Å². The molecule has 1 aromatic heterocycles. The zero-order chi connectivity index (χ0) is 11.1. The van der Waals surface area contributed by atoms with Crippen LogP contribution in [0.25, 0.3) is 10.1 Å². The first kappa shape index (κ1) is 10.00. The van der Waals surface area contributed by atoms with E-state index in [2.05, 4.69) is 6.07 Å². The van der Waals surface area contributed by atoms with Crippen LogP contribution in [0.4, 0.5) is 0 Å². The summed E-state index contributed by atoms with van der Waals surface area (Å²) in [6.07, 6.45) is 1.70. The standard InChI is InChI=1S/C13H13NOS/c14-9-5-8(6-9)13(15)11-7-16-12-4-2-1-3-10(11)12/h1-4,7-9H,5-6,14H2. The van der Waals surface area contributed by atoms with Crippen molar-refractivity contribution in [2.45, 2.75) is 18.9 Å². The second kappa shape index (κ2) is 3.68. The topological polar surface area (TPSA) is 43.1 Å². The SMILES string of the molecule is NC1CC(C(=O)c2csc3ccccc23)C1. The van der Waals surface area contributed by atoms with Crippen molar-refractivity contribution in [3.05, 3.63) is 35.2 Å². The largest absolute Gasteiger partial charge is 0.328 e. The van der Waals surface area contributed by atoms with Crippen molar-refractivity contribution in [1.82, 2.24) is 0 Å². The van der Waals surface area contributed by atoms with Crippen molar-refractivity contribution in [1.29, 1.82) is 0 Å². The zero-order valence-electron chi connectivity index (χ0n) is 8.85. The van der Waals surface area contributed by atoms with Crippen LogP contribution in [0.1, 0.15) is 23.2 Å². The fourth-order valence-corrected chi connectivity index (χ4v) is 3.21. The van der Waals surface area contributed by atoms with Gasteiger partial charge < -0.3 is 5.73 Å². The predicted octanol–water partition coefficient (Wildman–Crippen LogP) is 2.82. The molecule has 3 rings (SSSR count). The minimum absolute atomic E-state index is 0.160. The molecule has 1 saturated carbocycles. The third kappa shape index (κ3) is 1.47. The van der Waals surface area contributed by atoms with E-state index in [1.807, 2.05) is 23.6 Å². The maximum absolute atomic E-state index is 12.2. The highest BCUT2D eigenvalue weighted by atomic mass is 32.1. The quantitative estimate of drug-likeness (QED) is 0.808. The number of Topliss-reactive ketones (excluding diaryl/α,β-unsaturated/α-hetero) is 1. The van der Waals surface area contributed by atoms with Gasteiger partial charge in [0.05, 0.1) is 0 Å². The van der Waals surface area contributed by atoms with Gasteiger partial charge in [0.25, 0.3) is 0 Å². The number of hydrogen-bond acceptors (Lipinski definition) is 3. The molecule has 1 aliphatic carbocycles. The van der Waals surface area contributed by atoms with Crippen LogP contribution >= 0.6 is 11.3 Å². The Hall–Kier alpha value is -1.19. The highest BCUT2D eigenvalue weighted by molar-refractivity contribution is 7.17. The summed E-state index contributed by atoms with van der Waals surface area (Å²) in [7, 11) is 0. The second-order valence-corrected chi connectivity index (χ2v) is 5.35. The van der Waals surface area contributed by atoms with Gasteiger partial charge in [-0.1, -0.05) is 18.2 Å². The molecule has 0 spiro atoms. The minimum Gasteiger partial charge on any atom is -0.328 e. The fourth-order valence-electron chi connectivity index (χ4n) is 2.26. The van der Waals surface area contributed by atoms with Crippen LogP contribution in [0.2, 0.25) is 0 Å². The van der Waals surface area contributed by atoms with Crippen LogP contribution in [0, 0.1) is 5.92 Å². The fraction of sp³-hybridized carbons (Fsp3) is 0.308. The van der Waals surface area contributed by atoms with E-state index in [0.29, 0.717) is 0 Å². The smallest absolute Gasteiger partial charge is 0.167 e. The highest BCUT2D eigenvalue weighted by Gasteiger charge is 2.33. The highest BCUT2D eigenvalue weighted by Crippen LogP contribution is 2.33. The molecule has 0 saturated heterocycles. The summed E-state index contributed by atoms with van der Waals surface area (Å²) in [5, 5.41) is 3.08. The number of rotatable bonds is 2. The molecular weight excluding hydrogens is 218 g/mol. The number of fused-ring (bicyclic) bond motifs is 1. The number of ketones is 1. The molecule has 2 N–H and O–H groups in total. The summed E-state index contributed by atoms with van der Waals surface area (Å²) in [6, 6.07) is 8.31. The maximum Gasteiger partial charge on any atom is 0.167 e. The lowest BCUT2D eigenvalue weighted by atomic mass is 9.76. The van der Waals surface area contributed by atoms with E-state index in [1.54, 1.807) is 11.3 Å². The second-order valence-electron chi connectivity index (χ2n) is 4.44. The Bertz CT molecular complexity index is 540. The molecule has 0 bridgehead atoms. The van der Waals surface area contributed by atoms with Crippen molar-refractivity contribution in [2.24, 2.45) is 11.7 Å². The Kier molecular flexibility index (Phi) is 2.30. The summed E-state index contributed by atoms with van der Waals surface area (Å²) in [5.74, 6) is 0.437. The molecule has 2 nitrogen and oxygen atoms in total. The number of carbonyl (C=O) groups excluding carboxylic acids is 1. The van der Waals surface area contributed by atoms with Crippen LogP contribution in [0.5, 0.6) is 0 Å². The number of carbonyl (C=O) groups is 1. The summed E-state index contributed by atoms with van der Waals surface area (Å²) in [5.41, 5.74) is 6.61. The van der Waals surface area contributed by atoms with Gasteiger partial charge in [0.2, 0.25) is 0 Å². The van der Waals surface area contributed by atoms with Crippen molar-refractivity contribution < 1.29 is 4.79 Å². The summed E-state index contributed by atoms with van der Waals surface area (Å²) in [4.78, 5) is 12.2. The Labute approximate surface area is 98.1 Å². The average molecular weight is 231 g/mol. The van der Waals surface area contributed by atoms with E-state index in [0.717, 1.165) is 23.8 Å². The van der Waals surface area contributed by atoms with E-state index in [1.165, 1.54) is 4.70 Å². The molecule has 1 fully saturated rings. The van der Waals surface area contributed by atoms with Crippen molar-refractivity contribution in [3.8, 4) is 0 Å². The number of hydrogen-bond donors (Lipinski definition) is 1. The molecule has 1 aromatic carbocycles. The van der Waals surface area contributed by atoms with E-state index in [9.17, 15) is 4.79 Å². The Morgan fingerprint density at radius 1 is 1.31 bits per heavy atom. The summed E-state index contributed by atoms with van der Waals surface area (Å²) in [6.45, 7) is 0. The van der Waals surface area contributed by atoms with Gasteiger partial charge in [-0.15, -0.1) is 11.3 Å². The molecule has 82 valence electrons. The van der Waals surface area contributed by atoms with Gasteiger partial charge >= 0.3 is 0 Å². The Morgan fingerprint density at radius 3 is 2.81 bits per heavy atom. The number of benzene rings is 1. The molecule has 2 aromatic rings. The normalized spacial score (nSPS) is 24.3. The summed E-state index contributed by atoms with van der Waals surface area (Å²) < 4.78 is 1.19. The Balaban J connectivity index is 1.97.